The van der Waals surface area contributed by atoms with Crippen LogP contribution in [-0.4, -0.2) is 6.10 Å². The van der Waals surface area contributed by atoms with Gasteiger partial charge in [0.1, 0.15) is 0 Å². The minimum atomic E-state index is 0.238. The maximum absolute atomic E-state index is 5.99. The normalized spacial score (nSPS) is 12.9. The average molecular weight is 233 g/mol. The Labute approximate surface area is 95.0 Å². The number of hydrogen-bond acceptors (Lipinski definition) is 1. The van der Waals surface area contributed by atoms with E-state index in [1.807, 2.05) is 25.1 Å². The Balaban J connectivity index is 2.66. The summed E-state index contributed by atoms with van der Waals surface area (Å²) in [5, 5.41) is 1.33. The van der Waals surface area contributed by atoms with Crippen molar-refractivity contribution in [1.82, 2.24) is 0 Å². The molecule has 78 valence electrons. The Morgan fingerprint density at radius 1 is 1.29 bits per heavy atom. The molecule has 14 heavy (non-hydrogen) atoms. The first kappa shape index (κ1) is 11.8. The van der Waals surface area contributed by atoms with Gasteiger partial charge in [0.2, 0.25) is 0 Å². The van der Waals surface area contributed by atoms with Crippen LogP contribution in [-0.2, 0) is 11.3 Å². The van der Waals surface area contributed by atoms with Crippen molar-refractivity contribution in [3.63, 3.8) is 0 Å². The van der Waals surface area contributed by atoms with Crippen LogP contribution in [0.25, 0.3) is 0 Å². The molecule has 1 unspecified atom stereocenters. The molecule has 1 aromatic carbocycles. The second kappa shape index (κ2) is 5.59. The van der Waals surface area contributed by atoms with E-state index in [4.69, 9.17) is 27.9 Å². The van der Waals surface area contributed by atoms with E-state index in [1.165, 1.54) is 0 Å². The highest BCUT2D eigenvalue weighted by Crippen LogP contribution is 2.25. The largest absolute Gasteiger partial charge is 0.374 e. The molecule has 0 N–H and O–H groups in total. The molecular formula is C11H14Cl2O. The highest BCUT2D eigenvalue weighted by Gasteiger charge is 2.06. The molecule has 1 aromatic rings. The standard InChI is InChI=1S/C11H14Cl2O/c1-3-8(2)14-7-9-10(12)5-4-6-11(9)13/h4-6,8H,3,7H2,1-2H3. The van der Waals surface area contributed by atoms with Crippen molar-refractivity contribution in [2.24, 2.45) is 0 Å². The smallest absolute Gasteiger partial charge is 0.0749 e. The fourth-order valence-corrected chi connectivity index (χ4v) is 1.52. The molecule has 1 atom stereocenters. The second-order valence-corrected chi connectivity index (χ2v) is 4.04. The topological polar surface area (TPSA) is 9.23 Å². The van der Waals surface area contributed by atoms with Crippen LogP contribution in [0.15, 0.2) is 18.2 Å². The summed E-state index contributed by atoms with van der Waals surface area (Å²) in [4.78, 5) is 0. The monoisotopic (exact) mass is 232 g/mol. The van der Waals surface area contributed by atoms with E-state index in [0.29, 0.717) is 16.7 Å². The molecule has 0 aliphatic rings. The van der Waals surface area contributed by atoms with E-state index in [2.05, 4.69) is 6.92 Å². The summed E-state index contributed by atoms with van der Waals surface area (Å²) in [6.45, 7) is 4.59. The highest BCUT2D eigenvalue weighted by atomic mass is 35.5. The molecular weight excluding hydrogens is 219 g/mol. The summed E-state index contributed by atoms with van der Waals surface area (Å²) >= 11 is 12.0. The molecule has 3 heteroatoms. The average Bonchev–Trinajstić information content (AvgIpc) is 2.16. The van der Waals surface area contributed by atoms with E-state index in [0.717, 1.165) is 12.0 Å². The predicted molar refractivity (Wildman–Crippen MR) is 61.0 cm³/mol. The lowest BCUT2D eigenvalue weighted by Crippen LogP contribution is -2.06. The highest BCUT2D eigenvalue weighted by molar-refractivity contribution is 6.35. The van der Waals surface area contributed by atoms with Crippen molar-refractivity contribution >= 4 is 23.2 Å². The van der Waals surface area contributed by atoms with Gasteiger partial charge in [-0.25, -0.2) is 0 Å². The second-order valence-electron chi connectivity index (χ2n) is 3.23. The van der Waals surface area contributed by atoms with Gasteiger partial charge in [-0.2, -0.15) is 0 Å². The van der Waals surface area contributed by atoms with Crippen molar-refractivity contribution in [1.29, 1.82) is 0 Å². The SMILES string of the molecule is CCC(C)OCc1c(Cl)cccc1Cl. The van der Waals surface area contributed by atoms with Gasteiger partial charge in [-0.15, -0.1) is 0 Å². The molecule has 0 aromatic heterocycles. The van der Waals surface area contributed by atoms with Crippen LogP contribution in [0.4, 0.5) is 0 Å². The molecule has 0 fully saturated rings. The number of benzene rings is 1. The van der Waals surface area contributed by atoms with Gasteiger partial charge in [0.25, 0.3) is 0 Å². The van der Waals surface area contributed by atoms with Crippen molar-refractivity contribution in [2.75, 3.05) is 0 Å². The zero-order chi connectivity index (χ0) is 10.6. The van der Waals surface area contributed by atoms with Crippen molar-refractivity contribution in [3.05, 3.63) is 33.8 Å². The summed E-state index contributed by atoms with van der Waals surface area (Å²) in [5.74, 6) is 0. The Morgan fingerprint density at radius 3 is 2.36 bits per heavy atom. The van der Waals surface area contributed by atoms with Gasteiger partial charge in [-0.1, -0.05) is 36.2 Å². The predicted octanol–water partition coefficient (Wildman–Crippen LogP) is 4.31. The van der Waals surface area contributed by atoms with Gasteiger partial charge in [0.05, 0.1) is 12.7 Å². The van der Waals surface area contributed by atoms with Gasteiger partial charge in [0, 0.05) is 15.6 Å². The van der Waals surface area contributed by atoms with Crippen LogP contribution in [0.3, 0.4) is 0 Å². The summed E-state index contributed by atoms with van der Waals surface area (Å²) in [7, 11) is 0. The van der Waals surface area contributed by atoms with Gasteiger partial charge < -0.3 is 4.74 Å². The van der Waals surface area contributed by atoms with Crippen LogP contribution in [0.5, 0.6) is 0 Å². The molecule has 0 spiro atoms. The van der Waals surface area contributed by atoms with Gasteiger partial charge in [-0.05, 0) is 25.5 Å². The third kappa shape index (κ3) is 3.16. The first-order valence-corrected chi connectivity index (χ1v) is 5.45. The Morgan fingerprint density at radius 2 is 1.86 bits per heavy atom. The molecule has 0 bridgehead atoms. The van der Waals surface area contributed by atoms with Crippen LogP contribution in [0.2, 0.25) is 10.0 Å². The fraction of sp³-hybridized carbons (Fsp3) is 0.455. The Kier molecular flexibility index (Phi) is 4.73. The number of halogens is 2. The van der Waals surface area contributed by atoms with Crippen LogP contribution >= 0.6 is 23.2 Å². The third-order valence-corrected chi connectivity index (χ3v) is 2.86. The molecule has 0 radical (unpaired) electrons. The van der Waals surface area contributed by atoms with Crippen LogP contribution in [0, 0.1) is 0 Å². The van der Waals surface area contributed by atoms with Crippen LogP contribution < -0.4 is 0 Å². The lowest BCUT2D eigenvalue weighted by Gasteiger charge is -2.12. The lowest BCUT2D eigenvalue weighted by molar-refractivity contribution is 0.0509. The maximum Gasteiger partial charge on any atom is 0.0749 e. The van der Waals surface area contributed by atoms with Crippen molar-refractivity contribution in [3.8, 4) is 0 Å². The maximum atomic E-state index is 5.99. The fourth-order valence-electron chi connectivity index (χ4n) is 1.01. The van der Waals surface area contributed by atoms with E-state index >= 15 is 0 Å². The summed E-state index contributed by atoms with van der Waals surface area (Å²) in [6, 6.07) is 5.48. The summed E-state index contributed by atoms with van der Waals surface area (Å²) in [5.41, 5.74) is 0.871. The van der Waals surface area contributed by atoms with Gasteiger partial charge in [-0.3, -0.25) is 0 Å². The molecule has 0 saturated heterocycles. The molecule has 0 aliphatic carbocycles. The molecule has 1 nitrogen and oxygen atoms in total. The first-order chi connectivity index (χ1) is 6.65. The van der Waals surface area contributed by atoms with Crippen molar-refractivity contribution in [2.45, 2.75) is 33.0 Å². The molecule has 0 saturated carbocycles. The Bertz CT molecular complexity index is 279. The zero-order valence-electron chi connectivity index (χ0n) is 8.39. The molecule has 1 rings (SSSR count). The quantitative estimate of drug-likeness (QED) is 0.752. The van der Waals surface area contributed by atoms with Gasteiger partial charge in [0.15, 0.2) is 0 Å². The minimum absolute atomic E-state index is 0.238. The summed E-state index contributed by atoms with van der Waals surface area (Å²) < 4.78 is 5.57. The molecule has 0 aliphatic heterocycles. The summed E-state index contributed by atoms with van der Waals surface area (Å²) in [6.07, 6.45) is 1.23. The van der Waals surface area contributed by atoms with E-state index < -0.39 is 0 Å². The van der Waals surface area contributed by atoms with E-state index in [1.54, 1.807) is 0 Å². The van der Waals surface area contributed by atoms with E-state index in [9.17, 15) is 0 Å². The van der Waals surface area contributed by atoms with Crippen LogP contribution in [0.1, 0.15) is 25.8 Å². The third-order valence-electron chi connectivity index (χ3n) is 2.15. The molecule has 0 amide bonds. The molecule has 0 heterocycles. The number of rotatable bonds is 4. The Hall–Kier alpha value is -0.240. The first-order valence-electron chi connectivity index (χ1n) is 4.69. The van der Waals surface area contributed by atoms with Gasteiger partial charge >= 0.3 is 0 Å². The lowest BCUT2D eigenvalue weighted by atomic mass is 10.2. The van der Waals surface area contributed by atoms with Crippen molar-refractivity contribution < 1.29 is 4.74 Å². The number of hydrogen-bond donors (Lipinski definition) is 0. The zero-order valence-corrected chi connectivity index (χ0v) is 9.90. The van der Waals surface area contributed by atoms with E-state index in [-0.39, 0.29) is 6.10 Å². The minimum Gasteiger partial charge on any atom is -0.374 e. The number of ether oxygens (including phenoxy) is 1.